The van der Waals surface area contributed by atoms with E-state index >= 15 is 0 Å². The molecule has 0 spiro atoms. The maximum Gasteiger partial charge on any atom is 0.387 e. The third-order valence-corrected chi connectivity index (χ3v) is 3.54. The highest BCUT2D eigenvalue weighted by atomic mass is 19.3. The second-order valence-corrected chi connectivity index (χ2v) is 5.37. The molecule has 2 aromatic carbocycles. The van der Waals surface area contributed by atoms with Crippen molar-refractivity contribution in [2.45, 2.75) is 19.5 Å². The highest BCUT2D eigenvalue weighted by Gasteiger charge is 2.06. The predicted octanol–water partition coefficient (Wildman–Crippen LogP) is 3.42. The van der Waals surface area contributed by atoms with Crippen molar-refractivity contribution in [2.24, 2.45) is 0 Å². The molecule has 1 amide bonds. The molecule has 1 N–H and O–H groups in total. The summed E-state index contributed by atoms with van der Waals surface area (Å²) < 4.78 is 39.2. The van der Waals surface area contributed by atoms with E-state index in [-0.39, 0.29) is 24.7 Å². The molecule has 0 aliphatic heterocycles. The molecule has 0 bridgehead atoms. The molecular weight excluding hydrogens is 344 g/mol. The van der Waals surface area contributed by atoms with Crippen molar-refractivity contribution < 1.29 is 27.8 Å². The lowest BCUT2D eigenvalue weighted by Gasteiger charge is -2.10. The summed E-state index contributed by atoms with van der Waals surface area (Å²) in [5.41, 5.74) is 0.914. The van der Waals surface area contributed by atoms with E-state index in [1.807, 2.05) is 12.1 Å². The summed E-state index contributed by atoms with van der Waals surface area (Å²) in [6.07, 6.45) is 0.813. The standard InChI is InChI=1S/C19H21F2NO4/c1-24-16-4-2-3-5-17(16)25-13-11-18(23)22-12-10-14-6-8-15(9-7-14)26-19(20)21/h2-9,19H,10-13H2,1H3,(H,22,23). The Bertz CT molecular complexity index is 692. The summed E-state index contributed by atoms with van der Waals surface area (Å²) in [5, 5.41) is 2.79. The number of carbonyl (C=O) groups is 1. The maximum absolute atomic E-state index is 12.1. The quantitative estimate of drug-likeness (QED) is 0.701. The van der Waals surface area contributed by atoms with Gasteiger partial charge in [0.1, 0.15) is 5.75 Å². The number of para-hydroxylation sites is 2. The molecule has 0 heterocycles. The van der Waals surface area contributed by atoms with Gasteiger partial charge in [-0.2, -0.15) is 8.78 Å². The van der Waals surface area contributed by atoms with E-state index in [2.05, 4.69) is 10.1 Å². The highest BCUT2D eigenvalue weighted by molar-refractivity contribution is 5.76. The number of amides is 1. The molecule has 0 fully saturated rings. The van der Waals surface area contributed by atoms with Crippen LogP contribution >= 0.6 is 0 Å². The number of benzene rings is 2. The van der Waals surface area contributed by atoms with Gasteiger partial charge < -0.3 is 19.5 Å². The number of alkyl halides is 2. The fraction of sp³-hybridized carbons (Fsp3) is 0.316. The third-order valence-electron chi connectivity index (χ3n) is 3.54. The van der Waals surface area contributed by atoms with Crippen LogP contribution in [0.5, 0.6) is 17.2 Å². The van der Waals surface area contributed by atoms with E-state index in [0.29, 0.717) is 24.5 Å². The number of nitrogens with one attached hydrogen (secondary N) is 1. The summed E-state index contributed by atoms with van der Waals surface area (Å²) in [4.78, 5) is 11.8. The van der Waals surface area contributed by atoms with E-state index in [1.165, 1.54) is 12.1 Å². The monoisotopic (exact) mass is 365 g/mol. The van der Waals surface area contributed by atoms with Gasteiger partial charge in [-0.25, -0.2) is 0 Å². The van der Waals surface area contributed by atoms with Gasteiger partial charge in [0, 0.05) is 6.54 Å². The van der Waals surface area contributed by atoms with Crippen LogP contribution in [-0.2, 0) is 11.2 Å². The minimum atomic E-state index is -2.83. The third kappa shape index (κ3) is 6.58. The Labute approximate surface area is 150 Å². The van der Waals surface area contributed by atoms with Crippen LogP contribution in [0.3, 0.4) is 0 Å². The molecule has 140 valence electrons. The molecule has 0 aromatic heterocycles. The molecule has 26 heavy (non-hydrogen) atoms. The maximum atomic E-state index is 12.1. The molecule has 2 rings (SSSR count). The fourth-order valence-electron chi connectivity index (χ4n) is 2.26. The zero-order chi connectivity index (χ0) is 18.8. The lowest BCUT2D eigenvalue weighted by atomic mass is 10.1. The van der Waals surface area contributed by atoms with Crippen molar-refractivity contribution in [3.63, 3.8) is 0 Å². The average molecular weight is 365 g/mol. The molecular formula is C19H21F2NO4. The van der Waals surface area contributed by atoms with E-state index < -0.39 is 6.61 Å². The van der Waals surface area contributed by atoms with E-state index in [9.17, 15) is 13.6 Å². The van der Waals surface area contributed by atoms with Crippen molar-refractivity contribution in [3.05, 3.63) is 54.1 Å². The van der Waals surface area contributed by atoms with Crippen LogP contribution < -0.4 is 19.5 Å². The molecule has 5 nitrogen and oxygen atoms in total. The first-order valence-corrected chi connectivity index (χ1v) is 8.14. The van der Waals surface area contributed by atoms with Crippen LogP contribution in [0.25, 0.3) is 0 Å². The Balaban J connectivity index is 1.66. The Morgan fingerprint density at radius 1 is 1.08 bits per heavy atom. The van der Waals surface area contributed by atoms with Crippen LogP contribution in [-0.4, -0.2) is 32.8 Å². The summed E-state index contributed by atoms with van der Waals surface area (Å²) in [5.74, 6) is 1.19. The Hall–Kier alpha value is -2.83. The number of carbonyl (C=O) groups excluding carboxylic acids is 1. The minimum Gasteiger partial charge on any atom is -0.493 e. The van der Waals surface area contributed by atoms with Crippen molar-refractivity contribution in [3.8, 4) is 17.2 Å². The summed E-state index contributed by atoms with van der Waals surface area (Å²) in [6, 6.07) is 13.6. The Morgan fingerprint density at radius 2 is 1.77 bits per heavy atom. The van der Waals surface area contributed by atoms with E-state index in [1.54, 1.807) is 31.4 Å². The van der Waals surface area contributed by atoms with Gasteiger partial charge in [0.05, 0.1) is 20.1 Å². The van der Waals surface area contributed by atoms with Gasteiger partial charge in [-0.05, 0) is 36.2 Å². The lowest BCUT2D eigenvalue weighted by Crippen LogP contribution is -2.27. The smallest absolute Gasteiger partial charge is 0.387 e. The molecule has 0 unspecified atom stereocenters. The van der Waals surface area contributed by atoms with Gasteiger partial charge in [-0.3, -0.25) is 4.79 Å². The van der Waals surface area contributed by atoms with Gasteiger partial charge >= 0.3 is 6.61 Å². The van der Waals surface area contributed by atoms with Crippen LogP contribution in [0.2, 0.25) is 0 Å². The Morgan fingerprint density at radius 3 is 2.42 bits per heavy atom. The van der Waals surface area contributed by atoms with Crippen LogP contribution in [0.15, 0.2) is 48.5 Å². The van der Waals surface area contributed by atoms with Gasteiger partial charge in [-0.1, -0.05) is 24.3 Å². The zero-order valence-corrected chi connectivity index (χ0v) is 14.4. The second kappa shape index (κ2) is 10.2. The Kier molecular flexibility index (Phi) is 7.67. The molecule has 0 aliphatic carbocycles. The SMILES string of the molecule is COc1ccccc1OCCC(=O)NCCc1ccc(OC(F)F)cc1. The summed E-state index contributed by atoms with van der Waals surface area (Å²) >= 11 is 0. The van der Waals surface area contributed by atoms with Gasteiger partial charge in [0.15, 0.2) is 11.5 Å². The first-order valence-electron chi connectivity index (χ1n) is 8.14. The van der Waals surface area contributed by atoms with Crippen molar-refractivity contribution in [1.82, 2.24) is 5.32 Å². The lowest BCUT2D eigenvalue weighted by molar-refractivity contribution is -0.121. The number of rotatable bonds is 10. The van der Waals surface area contributed by atoms with Crippen LogP contribution in [0, 0.1) is 0 Å². The number of ether oxygens (including phenoxy) is 3. The van der Waals surface area contributed by atoms with Crippen molar-refractivity contribution in [2.75, 3.05) is 20.3 Å². The fourth-order valence-corrected chi connectivity index (χ4v) is 2.26. The molecule has 0 radical (unpaired) electrons. The molecule has 0 aliphatic rings. The highest BCUT2D eigenvalue weighted by Crippen LogP contribution is 2.25. The van der Waals surface area contributed by atoms with Crippen molar-refractivity contribution in [1.29, 1.82) is 0 Å². The number of methoxy groups -OCH3 is 1. The van der Waals surface area contributed by atoms with Gasteiger partial charge in [0.25, 0.3) is 0 Å². The van der Waals surface area contributed by atoms with E-state index in [4.69, 9.17) is 9.47 Å². The first kappa shape index (κ1) is 19.5. The molecule has 0 saturated heterocycles. The number of hydrogen-bond donors (Lipinski definition) is 1. The zero-order valence-electron chi connectivity index (χ0n) is 14.4. The van der Waals surface area contributed by atoms with Gasteiger partial charge in [0.2, 0.25) is 5.91 Å². The molecule has 0 saturated carbocycles. The minimum absolute atomic E-state index is 0.112. The largest absolute Gasteiger partial charge is 0.493 e. The predicted molar refractivity (Wildman–Crippen MR) is 92.9 cm³/mol. The summed E-state index contributed by atoms with van der Waals surface area (Å²) in [7, 11) is 1.56. The van der Waals surface area contributed by atoms with Crippen LogP contribution in [0.1, 0.15) is 12.0 Å². The molecule has 7 heteroatoms. The molecule has 2 aromatic rings. The number of hydrogen-bond acceptors (Lipinski definition) is 4. The van der Waals surface area contributed by atoms with Gasteiger partial charge in [-0.15, -0.1) is 0 Å². The second-order valence-electron chi connectivity index (χ2n) is 5.37. The number of halogens is 2. The summed E-state index contributed by atoms with van der Waals surface area (Å²) in [6.45, 7) is -2.15. The normalized spacial score (nSPS) is 10.5. The topological polar surface area (TPSA) is 56.8 Å². The van der Waals surface area contributed by atoms with Crippen LogP contribution in [0.4, 0.5) is 8.78 Å². The van der Waals surface area contributed by atoms with Crippen molar-refractivity contribution >= 4 is 5.91 Å². The molecule has 0 atom stereocenters. The first-order chi connectivity index (χ1) is 12.6. The van der Waals surface area contributed by atoms with E-state index in [0.717, 1.165) is 5.56 Å². The average Bonchev–Trinajstić information content (AvgIpc) is 2.63.